The van der Waals surface area contributed by atoms with Gasteiger partial charge in [-0.15, -0.1) is 0 Å². The largest absolute Gasteiger partial charge is 0.326 e. The standard InChI is InChI=1S/C11H9BrClN3O3S/c1-6-2-10(14-5-8(6)12)16-20(18,19)7-3-9(13)11(17)15-4-7/h2-5H,1H3,(H,14,16)(H,15,17). The Balaban J connectivity index is 2.37. The van der Waals surface area contributed by atoms with E-state index < -0.39 is 15.6 Å². The van der Waals surface area contributed by atoms with Crippen molar-refractivity contribution in [1.29, 1.82) is 0 Å². The molecule has 0 atom stereocenters. The minimum atomic E-state index is -3.86. The Morgan fingerprint density at radius 1 is 1.40 bits per heavy atom. The van der Waals surface area contributed by atoms with Crippen LogP contribution in [0, 0.1) is 6.92 Å². The van der Waals surface area contributed by atoms with E-state index in [0.29, 0.717) is 0 Å². The molecule has 20 heavy (non-hydrogen) atoms. The van der Waals surface area contributed by atoms with Crippen molar-refractivity contribution < 1.29 is 8.42 Å². The van der Waals surface area contributed by atoms with E-state index in [-0.39, 0.29) is 15.7 Å². The van der Waals surface area contributed by atoms with Gasteiger partial charge in [-0.25, -0.2) is 13.4 Å². The van der Waals surface area contributed by atoms with Crippen LogP contribution < -0.4 is 10.3 Å². The summed E-state index contributed by atoms with van der Waals surface area (Å²) in [5, 5.41) is -0.201. The number of nitrogens with one attached hydrogen (secondary N) is 2. The van der Waals surface area contributed by atoms with Gasteiger partial charge in [0, 0.05) is 16.9 Å². The highest BCUT2D eigenvalue weighted by Gasteiger charge is 2.16. The Morgan fingerprint density at radius 3 is 2.70 bits per heavy atom. The van der Waals surface area contributed by atoms with E-state index in [4.69, 9.17) is 11.6 Å². The summed E-state index contributed by atoms with van der Waals surface area (Å²) in [4.78, 5) is 17.2. The molecule has 0 aromatic carbocycles. The van der Waals surface area contributed by atoms with Crippen LogP contribution in [-0.4, -0.2) is 18.4 Å². The van der Waals surface area contributed by atoms with E-state index in [1.807, 2.05) is 0 Å². The molecule has 9 heteroatoms. The topological polar surface area (TPSA) is 91.9 Å². The molecular formula is C11H9BrClN3O3S. The Morgan fingerprint density at radius 2 is 2.10 bits per heavy atom. The molecule has 0 aliphatic heterocycles. The van der Waals surface area contributed by atoms with Gasteiger partial charge < -0.3 is 4.98 Å². The smallest absolute Gasteiger partial charge is 0.266 e. The van der Waals surface area contributed by atoms with Crippen LogP contribution in [0.25, 0.3) is 0 Å². The number of H-pyrrole nitrogens is 1. The lowest BCUT2D eigenvalue weighted by Gasteiger charge is -2.08. The predicted molar refractivity (Wildman–Crippen MR) is 79.6 cm³/mol. The molecule has 0 spiro atoms. The average Bonchev–Trinajstić information content (AvgIpc) is 2.37. The molecule has 0 aliphatic rings. The number of halogens is 2. The van der Waals surface area contributed by atoms with Gasteiger partial charge in [0.15, 0.2) is 0 Å². The molecule has 0 radical (unpaired) electrons. The summed E-state index contributed by atoms with van der Waals surface area (Å²) in [5.74, 6) is 0.174. The van der Waals surface area contributed by atoms with Crippen LogP contribution in [0.2, 0.25) is 5.02 Å². The van der Waals surface area contributed by atoms with Gasteiger partial charge in [-0.05, 0) is 40.5 Å². The first kappa shape index (κ1) is 15.0. The molecule has 106 valence electrons. The lowest BCUT2D eigenvalue weighted by molar-refractivity contribution is 0.600. The zero-order valence-electron chi connectivity index (χ0n) is 10.1. The van der Waals surface area contributed by atoms with E-state index in [1.165, 1.54) is 6.20 Å². The SMILES string of the molecule is Cc1cc(NS(=O)(=O)c2c[nH]c(=O)c(Cl)c2)ncc1Br. The Hall–Kier alpha value is -1.38. The fourth-order valence-electron chi connectivity index (χ4n) is 1.38. The van der Waals surface area contributed by atoms with Gasteiger partial charge in [0.25, 0.3) is 15.6 Å². The summed E-state index contributed by atoms with van der Waals surface area (Å²) in [5.41, 5.74) is 0.278. The summed E-state index contributed by atoms with van der Waals surface area (Å²) >= 11 is 8.89. The first-order valence-electron chi connectivity index (χ1n) is 5.33. The minimum absolute atomic E-state index is 0.149. The van der Waals surface area contributed by atoms with Crippen molar-refractivity contribution in [1.82, 2.24) is 9.97 Å². The quantitative estimate of drug-likeness (QED) is 0.857. The Labute approximate surface area is 128 Å². The second-order valence-corrected chi connectivity index (χ2v) is 6.88. The van der Waals surface area contributed by atoms with E-state index >= 15 is 0 Å². The molecule has 0 unspecified atom stereocenters. The molecule has 0 saturated carbocycles. The number of aryl methyl sites for hydroxylation is 1. The molecule has 2 aromatic heterocycles. The van der Waals surface area contributed by atoms with Crippen molar-refractivity contribution in [3.05, 3.63) is 49.9 Å². The maximum absolute atomic E-state index is 12.1. The molecule has 0 aliphatic carbocycles. The minimum Gasteiger partial charge on any atom is -0.326 e. The van der Waals surface area contributed by atoms with Crippen LogP contribution in [0.4, 0.5) is 5.82 Å². The number of pyridine rings is 2. The van der Waals surface area contributed by atoms with Crippen molar-refractivity contribution in [3.63, 3.8) is 0 Å². The third kappa shape index (κ3) is 3.20. The number of aromatic nitrogens is 2. The number of sulfonamides is 1. The first-order chi connectivity index (χ1) is 9.29. The van der Waals surface area contributed by atoms with Crippen molar-refractivity contribution in [3.8, 4) is 0 Å². The summed E-state index contributed by atoms with van der Waals surface area (Å²) in [6.07, 6.45) is 2.56. The van der Waals surface area contributed by atoms with Crippen LogP contribution in [0.3, 0.4) is 0 Å². The van der Waals surface area contributed by atoms with Gasteiger partial charge in [-0.1, -0.05) is 11.6 Å². The van der Waals surface area contributed by atoms with E-state index in [1.54, 1.807) is 13.0 Å². The normalized spacial score (nSPS) is 11.3. The zero-order chi connectivity index (χ0) is 14.9. The number of hydrogen-bond donors (Lipinski definition) is 2. The fraction of sp³-hybridized carbons (Fsp3) is 0.0909. The molecule has 0 fully saturated rings. The van der Waals surface area contributed by atoms with Crippen molar-refractivity contribution >= 4 is 43.4 Å². The Kier molecular flexibility index (Phi) is 4.17. The number of hydrogen-bond acceptors (Lipinski definition) is 4. The molecular weight excluding hydrogens is 370 g/mol. The lowest BCUT2D eigenvalue weighted by atomic mass is 10.3. The molecule has 2 aromatic rings. The van der Waals surface area contributed by atoms with E-state index in [9.17, 15) is 13.2 Å². The highest BCUT2D eigenvalue weighted by molar-refractivity contribution is 9.10. The highest BCUT2D eigenvalue weighted by Crippen LogP contribution is 2.20. The van der Waals surface area contributed by atoms with Gasteiger partial charge in [0.05, 0.1) is 0 Å². The van der Waals surface area contributed by atoms with Crippen LogP contribution in [0.5, 0.6) is 0 Å². The maximum atomic E-state index is 12.1. The highest BCUT2D eigenvalue weighted by atomic mass is 79.9. The number of aromatic amines is 1. The van der Waals surface area contributed by atoms with Crippen LogP contribution >= 0.6 is 27.5 Å². The number of rotatable bonds is 3. The second kappa shape index (κ2) is 5.55. The Bertz CT molecular complexity index is 820. The van der Waals surface area contributed by atoms with Gasteiger partial charge in [-0.3, -0.25) is 9.52 Å². The van der Waals surface area contributed by atoms with Crippen molar-refractivity contribution in [2.75, 3.05) is 4.72 Å². The third-order valence-corrected chi connectivity index (χ3v) is 4.87. The van der Waals surface area contributed by atoms with Gasteiger partial charge in [-0.2, -0.15) is 0 Å². The molecule has 0 saturated heterocycles. The van der Waals surface area contributed by atoms with Crippen molar-refractivity contribution in [2.45, 2.75) is 11.8 Å². The monoisotopic (exact) mass is 377 g/mol. The van der Waals surface area contributed by atoms with Gasteiger partial charge in [0.1, 0.15) is 15.7 Å². The summed E-state index contributed by atoms with van der Waals surface area (Å²) < 4.78 is 27.3. The predicted octanol–water partition coefficient (Wildman–Crippen LogP) is 2.30. The molecule has 2 rings (SSSR count). The molecule has 0 amide bonds. The zero-order valence-corrected chi connectivity index (χ0v) is 13.3. The third-order valence-electron chi connectivity index (χ3n) is 2.43. The van der Waals surface area contributed by atoms with E-state index in [2.05, 4.69) is 30.6 Å². The van der Waals surface area contributed by atoms with Gasteiger partial charge in [0.2, 0.25) is 0 Å². The van der Waals surface area contributed by atoms with E-state index in [0.717, 1.165) is 22.3 Å². The average molecular weight is 379 g/mol. The first-order valence-corrected chi connectivity index (χ1v) is 7.98. The molecule has 6 nitrogen and oxygen atoms in total. The second-order valence-electron chi connectivity index (χ2n) is 3.94. The van der Waals surface area contributed by atoms with Crippen LogP contribution in [-0.2, 0) is 10.0 Å². The van der Waals surface area contributed by atoms with Crippen molar-refractivity contribution in [2.24, 2.45) is 0 Å². The molecule has 0 bridgehead atoms. The maximum Gasteiger partial charge on any atom is 0.266 e. The van der Waals surface area contributed by atoms with Crippen LogP contribution in [0.15, 0.2) is 38.7 Å². The molecule has 2 heterocycles. The lowest BCUT2D eigenvalue weighted by Crippen LogP contribution is -2.16. The number of nitrogens with zero attached hydrogens (tertiary/aromatic N) is 1. The fourth-order valence-corrected chi connectivity index (χ4v) is 2.83. The summed E-state index contributed by atoms with van der Waals surface area (Å²) in [7, 11) is -3.86. The molecule has 2 N–H and O–H groups in total. The number of anilines is 1. The van der Waals surface area contributed by atoms with Gasteiger partial charge >= 0.3 is 0 Å². The summed E-state index contributed by atoms with van der Waals surface area (Å²) in [6.45, 7) is 1.81. The summed E-state index contributed by atoms with van der Waals surface area (Å²) in [6, 6.07) is 2.66. The van der Waals surface area contributed by atoms with Crippen LogP contribution in [0.1, 0.15) is 5.56 Å².